The van der Waals surface area contributed by atoms with Gasteiger partial charge in [-0.3, -0.25) is 20.0 Å². The van der Waals surface area contributed by atoms with E-state index >= 15 is 0 Å². The molecule has 0 spiro atoms. The van der Waals surface area contributed by atoms with Gasteiger partial charge in [0.2, 0.25) is 5.91 Å². The van der Waals surface area contributed by atoms with Crippen LogP contribution in [-0.4, -0.2) is 32.6 Å². The Bertz CT molecular complexity index is 634. The fraction of sp³-hybridized carbons (Fsp3) is 0.154. The summed E-state index contributed by atoms with van der Waals surface area (Å²) in [5.74, 6) is 0.461. The summed E-state index contributed by atoms with van der Waals surface area (Å²) >= 11 is 0. The van der Waals surface area contributed by atoms with Gasteiger partial charge in [0.1, 0.15) is 12.2 Å². The molecule has 1 aromatic heterocycles. The first-order valence-electron chi connectivity index (χ1n) is 6.20. The Kier molecular flexibility index (Phi) is 4.75. The third-order valence-corrected chi connectivity index (χ3v) is 2.66. The highest BCUT2D eigenvalue weighted by atomic mass is 16.6. The predicted octanol–water partition coefficient (Wildman–Crippen LogP) is 1.08. The van der Waals surface area contributed by atoms with Crippen molar-refractivity contribution in [1.29, 1.82) is 0 Å². The summed E-state index contributed by atoms with van der Waals surface area (Å²) in [5.41, 5.74) is 0.731. The van der Waals surface area contributed by atoms with Gasteiger partial charge in [-0.05, 0) is 23.8 Å². The molecule has 1 aromatic carbocycles. The number of benzene rings is 1. The van der Waals surface area contributed by atoms with Crippen molar-refractivity contribution in [3.8, 4) is 0 Å². The lowest BCUT2D eigenvalue weighted by molar-refractivity contribution is -0.384. The van der Waals surface area contributed by atoms with Crippen molar-refractivity contribution in [1.82, 2.24) is 20.5 Å². The van der Waals surface area contributed by atoms with Gasteiger partial charge in [0, 0.05) is 31.2 Å². The first-order valence-corrected chi connectivity index (χ1v) is 6.20. The van der Waals surface area contributed by atoms with Crippen molar-refractivity contribution < 1.29 is 9.72 Å². The second kappa shape index (κ2) is 6.94. The monoisotopic (exact) mass is 287 g/mol. The highest BCUT2D eigenvalue weighted by molar-refractivity contribution is 5.91. The Morgan fingerprint density at radius 2 is 2.14 bits per heavy atom. The number of H-pyrrole nitrogens is 1. The Morgan fingerprint density at radius 1 is 1.38 bits per heavy atom. The maximum Gasteiger partial charge on any atom is 0.269 e. The summed E-state index contributed by atoms with van der Waals surface area (Å²) in [4.78, 5) is 25.5. The summed E-state index contributed by atoms with van der Waals surface area (Å²) < 4.78 is 0. The fourth-order valence-electron chi connectivity index (χ4n) is 1.59. The molecule has 0 fully saturated rings. The molecule has 2 rings (SSSR count). The molecule has 0 aliphatic carbocycles. The number of carbonyl (C=O) groups is 1. The molecule has 108 valence electrons. The van der Waals surface area contributed by atoms with Crippen LogP contribution in [-0.2, 0) is 11.2 Å². The molecule has 1 amide bonds. The molecular formula is C13H13N5O3. The molecule has 0 aliphatic rings. The van der Waals surface area contributed by atoms with Crippen LogP contribution in [0.15, 0.2) is 36.7 Å². The Hall–Kier alpha value is -3.03. The quantitative estimate of drug-likeness (QED) is 0.469. The molecule has 2 aromatic rings. The van der Waals surface area contributed by atoms with E-state index in [2.05, 4.69) is 20.5 Å². The third-order valence-electron chi connectivity index (χ3n) is 2.66. The zero-order valence-corrected chi connectivity index (χ0v) is 11.0. The number of aromatic nitrogens is 3. The largest absolute Gasteiger partial charge is 0.352 e. The minimum atomic E-state index is -0.469. The Morgan fingerprint density at radius 3 is 2.76 bits per heavy atom. The summed E-state index contributed by atoms with van der Waals surface area (Å²) in [6.07, 6.45) is 4.94. The normalized spacial score (nSPS) is 10.7. The van der Waals surface area contributed by atoms with Crippen LogP contribution in [0.25, 0.3) is 6.08 Å². The van der Waals surface area contributed by atoms with Gasteiger partial charge in [0.25, 0.3) is 5.69 Å². The van der Waals surface area contributed by atoms with Crippen LogP contribution in [0.3, 0.4) is 0 Å². The molecule has 1 heterocycles. The van der Waals surface area contributed by atoms with E-state index in [1.54, 1.807) is 18.2 Å². The molecule has 8 heteroatoms. The number of nitro benzene ring substituents is 1. The molecule has 0 bridgehead atoms. The zero-order valence-electron chi connectivity index (χ0n) is 11.0. The van der Waals surface area contributed by atoms with Crippen molar-refractivity contribution >= 4 is 17.7 Å². The molecule has 0 aliphatic heterocycles. The van der Waals surface area contributed by atoms with Crippen LogP contribution < -0.4 is 5.32 Å². The average Bonchev–Trinajstić information content (AvgIpc) is 2.99. The minimum Gasteiger partial charge on any atom is -0.352 e. The number of rotatable bonds is 6. The van der Waals surface area contributed by atoms with Gasteiger partial charge in [-0.2, -0.15) is 5.10 Å². The van der Waals surface area contributed by atoms with Crippen molar-refractivity contribution in [3.05, 3.63) is 58.2 Å². The lowest BCUT2D eigenvalue weighted by Gasteiger charge is -1.99. The van der Waals surface area contributed by atoms with E-state index < -0.39 is 4.92 Å². The molecule has 0 radical (unpaired) electrons. The highest BCUT2D eigenvalue weighted by Gasteiger charge is 2.02. The number of hydrogen-bond acceptors (Lipinski definition) is 5. The first kappa shape index (κ1) is 14.4. The summed E-state index contributed by atoms with van der Waals surface area (Å²) in [6.45, 7) is 0.443. The van der Waals surface area contributed by atoms with Gasteiger partial charge in [0.05, 0.1) is 4.92 Å². The van der Waals surface area contributed by atoms with Crippen molar-refractivity contribution in [3.63, 3.8) is 0 Å². The molecule has 0 saturated carbocycles. The molecule has 0 saturated heterocycles. The van der Waals surface area contributed by atoms with Crippen LogP contribution >= 0.6 is 0 Å². The van der Waals surface area contributed by atoms with E-state index in [9.17, 15) is 14.9 Å². The standard InChI is InChI=1S/C13H13N5O3/c19-13(14-8-7-12-15-9-16-17-12)6-3-10-1-4-11(5-2-10)18(20)21/h1-6,9H,7-8H2,(H,14,19)(H,15,16,17). The van der Waals surface area contributed by atoms with Gasteiger partial charge in [0.15, 0.2) is 0 Å². The van der Waals surface area contributed by atoms with Crippen molar-refractivity contribution in [2.24, 2.45) is 0 Å². The molecule has 8 nitrogen and oxygen atoms in total. The number of nitro groups is 1. The maximum atomic E-state index is 11.6. The van der Waals surface area contributed by atoms with E-state index in [1.165, 1.54) is 24.5 Å². The van der Waals surface area contributed by atoms with Gasteiger partial charge in [-0.1, -0.05) is 0 Å². The van der Waals surface area contributed by atoms with Crippen LogP contribution in [0.5, 0.6) is 0 Å². The number of nitrogens with one attached hydrogen (secondary N) is 2. The van der Waals surface area contributed by atoms with Crippen LogP contribution in [0.1, 0.15) is 11.4 Å². The van der Waals surface area contributed by atoms with E-state index in [1.807, 2.05) is 0 Å². The number of aromatic amines is 1. The average molecular weight is 287 g/mol. The van der Waals surface area contributed by atoms with Gasteiger partial charge >= 0.3 is 0 Å². The molecule has 2 N–H and O–H groups in total. The number of non-ortho nitro benzene ring substituents is 1. The lowest BCUT2D eigenvalue weighted by Crippen LogP contribution is -2.23. The lowest BCUT2D eigenvalue weighted by atomic mass is 10.2. The van der Waals surface area contributed by atoms with E-state index in [0.717, 1.165) is 0 Å². The summed E-state index contributed by atoms with van der Waals surface area (Å²) in [6, 6.07) is 5.94. The minimum absolute atomic E-state index is 0.0173. The Balaban J connectivity index is 1.80. The number of amides is 1. The summed E-state index contributed by atoms with van der Waals surface area (Å²) in [7, 11) is 0. The molecule has 0 unspecified atom stereocenters. The predicted molar refractivity (Wildman–Crippen MR) is 75.2 cm³/mol. The SMILES string of the molecule is O=C(C=Cc1ccc([N+](=O)[O-])cc1)NCCc1ncn[nH]1. The van der Waals surface area contributed by atoms with E-state index in [0.29, 0.717) is 24.4 Å². The van der Waals surface area contributed by atoms with Crippen LogP contribution in [0, 0.1) is 10.1 Å². The summed E-state index contributed by atoms with van der Waals surface area (Å²) in [5, 5.41) is 19.6. The van der Waals surface area contributed by atoms with Crippen LogP contribution in [0.4, 0.5) is 5.69 Å². The topological polar surface area (TPSA) is 114 Å². The number of carbonyl (C=O) groups excluding carboxylic acids is 1. The molecule has 0 atom stereocenters. The zero-order chi connectivity index (χ0) is 15.1. The molecular weight excluding hydrogens is 274 g/mol. The highest BCUT2D eigenvalue weighted by Crippen LogP contribution is 2.12. The number of nitrogens with zero attached hydrogens (tertiary/aromatic N) is 3. The second-order valence-electron chi connectivity index (χ2n) is 4.16. The fourth-order valence-corrected chi connectivity index (χ4v) is 1.59. The van der Waals surface area contributed by atoms with E-state index in [4.69, 9.17) is 0 Å². The van der Waals surface area contributed by atoms with Gasteiger partial charge in [-0.15, -0.1) is 0 Å². The van der Waals surface area contributed by atoms with Crippen LogP contribution in [0.2, 0.25) is 0 Å². The van der Waals surface area contributed by atoms with Gasteiger partial charge < -0.3 is 5.32 Å². The smallest absolute Gasteiger partial charge is 0.269 e. The maximum absolute atomic E-state index is 11.6. The third kappa shape index (κ3) is 4.53. The van der Waals surface area contributed by atoms with Crippen molar-refractivity contribution in [2.45, 2.75) is 6.42 Å². The first-order chi connectivity index (χ1) is 10.1. The number of hydrogen-bond donors (Lipinski definition) is 2. The van der Waals surface area contributed by atoms with E-state index in [-0.39, 0.29) is 11.6 Å². The van der Waals surface area contributed by atoms with Crippen molar-refractivity contribution in [2.75, 3.05) is 6.54 Å². The Labute approximate surface area is 120 Å². The molecule has 21 heavy (non-hydrogen) atoms. The van der Waals surface area contributed by atoms with Gasteiger partial charge in [-0.25, -0.2) is 4.98 Å². The second-order valence-corrected chi connectivity index (χ2v) is 4.16.